The summed E-state index contributed by atoms with van der Waals surface area (Å²) in [5, 5.41) is 3.36. The number of carbonyl (C=O) groups excluding carboxylic acids is 2. The first kappa shape index (κ1) is 13.7. The van der Waals surface area contributed by atoms with Crippen molar-refractivity contribution in [2.45, 2.75) is 51.5 Å². The second-order valence-corrected chi connectivity index (χ2v) is 5.08. The Kier molecular flexibility index (Phi) is 6.03. The molecule has 1 N–H and O–H groups in total. The number of ketones is 1. The van der Waals surface area contributed by atoms with Crippen molar-refractivity contribution in [2.24, 2.45) is 5.92 Å². The molecule has 4 heteroatoms. The Morgan fingerprint density at radius 3 is 2.38 bits per heavy atom. The van der Waals surface area contributed by atoms with Crippen molar-refractivity contribution in [3.63, 3.8) is 0 Å². The lowest BCUT2D eigenvalue weighted by Gasteiger charge is -2.28. The highest BCUT2D eigenvalue weighted by atomic mass is 79.9. The van der Waals surface area contributed by atoms with Crippen molar-refractivity contribution in [1.82, 2.24) is 5.32 Å². The molecule has 1 fully saturated rings. The molecule has 1 aliphatic rings. The average molecular weight is 290 g/mol. The second kappa shape index (κ2) is 7.05. The van der Waals surface area contributed by atoms with E-state index in [1.165, 1.54) is 0 Å². The van der Waals surface area contributed by atoms with Crippen molar-refractivity contribution < 1.29 is 9.59 Å². The molecule has 0 unspecified atom stereocenters. The highest BCUT2D eigenvalue weighted by Crippen LogP contribution is 2.27. The summed E-state index contributed by atoms with van der Waals surface area (Å²) in [6, 6.07) is 0.318. The number of halogens is 1. The molecule has 1 aliphatic carbocycles. The molecule has 1 amide bonds. The molecule has 0 aliphatic heterocycles. The fourth-order valence-electron chi connectivity index (χ4n) is 2.24. The van der Waals surface area contributed by atoms with Crippen LogP contribution in [0.15, 0.2) is 0 Å². The van der Waals surface area contributed by atoms with E-state index in [2.05, 4.69) is 21.2 Å². The lowest BCUT2D eigenvalue weighted by atomic mass is 9.83. The number of amides is 1. The van der Waals surface area contributed by atoms with Gasteiger partial charge >= 0.3 is 0 Å². The van der Waals surface area contributed by atoms with E-state index in [1.54, 1.807) is 0 Å². The third-order valence-corrected chi connectivity index (χ3v) is 3.75. The van der Waals surface area contributed by atoms with Crippen LogP contribution >= 0.6 is 15.9 Å². The average Bonchev–Trinajstić information content (AvgIpc) is 2.31. The summed E-state index contributed by atoms with van der Waals surface area (Å²) in [5.74, 6) is 0.977. The molecule has 0 aromatic carbocycles. The number of Topliss-reactive ketones (excluding diaryl/α,β-unsaturated/α-hetero) is 1. The number of rotatable bonds is 5. The van der Waals surface area contributed by atoms with Crippen LogP contribution in [-0.2, 0) is 9.59 Å². The molecule has 0 aromatic heterocycles. The maximum absolute atomic E-state index is 11.3. The van der Waals surface area contributed by atoms with Gasteiger partial charge in [-0.1, -0.05) is 22.9 Å². The summed E-state index contributed by atoms with van der Waals surface area (Å²) >= 11 is 3.14. The first-order chi connectivity index (χ1) is 7.65. The first-order valence-electron chi connectivity index (χ1n) is 6.02. The van der Waals surface area contributed by atoms with E-state index in [1.807, 2.05) is 6.92 Å². The van der Waals surface area contributed by atoms with E-state index in [9.17, 15) is 9.59 Å². The Hall–Kier alpha value is -0.380. The summed E-state index contributed by atoms with van der Waals surface area (Å²) in [6.45, 7) is 1.92. The van der Waals surface area contributed by atoms with E-state index in [0.717, 1.165) is 32.1 Å². The Bertz CT molecular complexity index is 221. The van der Waals surface area contributed by atoms with Crippen LogP contribution in [0.1, 0.15) is 45.4 Å². The van der Waals surface area contributed by atoms with Gasteiger partial charge in [-0.15, -0.1) is 0 Å². The van der Waals surface area contributed by atoms with E-state index in [0.29, 0.717) is 29.5 Å². The Morgan fingerprint density at radius 1 is 1.25 bits per heavy atom. The van der Waals surface area contributed by atoms with Crippen LogP contribution in [0.2, 0.25) is 0 Å². The van der Waals surface area contributed by atoms with Gasteiger partial charge in [0.05, 0.1) is 5.33 Å². The maximum atomic E-state index is 11.3. The first-order valence-corrected chi connectivity index (χ1v) is 7.14. The minimum atomic E-state index is 0.0630. The molecule has 0 bridgehead atoms. The topological polar surface area (TPSA) is 46.2 Å². The summed E-state index contributed by atoms with van der Waals surface area (Å²) < 4.78 is 0. The predicted molar refractivity (Wildman–Crippen MR) is 67.6 cm³/mol. The molecule has 16 heavy (non-hydrogen) atoms. The molecule has 0 atom stereocenters. The van der Waals surface area contributed by atoms with Crippen molar-refractivity contribution in [3.8, 4) is 0 Å². The summed E-state index contributed by atoms with van der Waals surface area (Å²) in [7, 11) is 0. The number of hydrogen-bond donors (Lipinski definition) is 1. The third kappa shape index (κ3) is 4.64. The van der Waals surface area contributed by atoms with Gasteiger partial charge < -0.3 is 5.32 Å². The molecule has 0 aromatic rings. The van der Waals surface area contributed by atoms with Crippen LogP contribution < -0.4 is 5.32 Å². The van der Waals surface area contributed by atoms with Crippen LogP contribution in [0, 0.1) is 5.92 Å². The van der Waals surface area contributed by atoms with Crippen LogP contribution in [0.5, 0.6) is 0 Å². The molecule has 92 valence electrons. The van der Waals surface area contributed by atoms with Crippen molar-refractivity contribution >= 4 is 27.6 Å². The zero-order valence-corrected chi connectivity index (χ0v) is 11.4. The van der Waals surface area contributed by atoms with E-state index in [-0.39, 0.29) is 5.91 Å². The van der Waals surface area contributed by atoms with Crippen LogP contribution in [0.4, 0.5) is 0 Å². The summed E-state index contributed by atoms with van der Waals surface area (Å²) in [5.41, 5.74) is 0. The van der Waals surface area contributed by atoms with Crippen molar-refractivity contribution in [2.75, 3.05) is 5.33 Å². The van der Waals surface area contributed by atoms with Gasteiger partial charge in [0, 0.05) is 18.9 Å². The van der Waals surface area contributed by atoms with Crippen molar-refractivity contribution in [3.05, 3.63) is 0 Å². The van der Waals surface area contributed by atoms with Gasteiger partial charge in [-0.05, 0) is 31.6 Å². The molecule has 3 nitrogen and oxygen atoms in total. The number of alkyl halides is 1. The summed E-state index contributed by atoms with van der Waals surface area (Å²) in [6.07, 6.45) is 5.55. The second-order valence-electron chi connectivity index (χ2n) is 4.52. The fraction of sp³-hybridized carbons (Fsp3) is 0.833. The maximum Gasteiger partial charge on any atom is 0.230 e. The lowest BCUT2D eigenvalue weighted by Crippen LogP contribution is -2.38. The van der Waals surface area contributed by atoms with E-state index < -0.39 is 0 Å². The van der Waals surface area contributed by atoms with Gasteiger partial charge in [0.25, 0.3) is 0 Å². The number of carbonyl (C=O) groups is 2. The minimum Gasteiger partial charge on any atom is -0.353 e. The standard InChI is InChI=1S/C12H20BrNO2/c1-2-11(15)7-9-3-5-10(6-4-9)14-12(16)8-13/h9-10H,2-8H2,1H3,(H,14,16). The van der Waals surface area contributed by atoms with Gasteiger partial charge in [-0.3, -0.25) is 9.59 Å². The highest BCUT2D eigenvalue weighted by molar-refractivity contribution is 9.09. The summed E-state index contributed by atoms with van der Waals surface area (Å²) in [4.78, 5) is 22.5. The monoisotopic (exact) mass is 289 g/mol. The molecule has 0 radical (unpaired) electrons. The van der Waals surface area contributed by atoms with Crippen LogP contribution in [0.3, 0.4) is 0 Å². The van der Waals surface area contributed by atoms with E-state index in [4.69, 9.17) is 0 Å². The van der Waals surface area contributed by atoms with Crippen LogP contribution in [-0.4, -0.2) is 23.1 Å². The van der Waals surface area contributed by atoms with Crippen molar-refractivity contribution in [1.29, 1.82) is 0 Å². The van der Waals surface area contributed by atoms with Gasteiger partial charge in [-0.25, -0.2) is 0 Å². The quantitative estimate of drug-likeness (QED) is 0.790. The smallest absolute Gasteiger partial charge is 0.230 e. The van der Waals surface area contributed by atoms with Gasteiger partial charge in [0.15, 0.2) is 0 Å². The Balaban J connectivity index is 2.23. The fourth-order valence-corrected chi connectivity index (χ4v) is 2.41. The Labute approximate surface area is 105 Å². The van der Waals surface area contributed by atoms with Gasteiger partial charge in [0.1, 0.15) is 5.78 Å². The molecular formula is C12H20BrNO2. The lowest BCUT2D eigenvalue weighted by molar-refractivity contribution is -0.121. The molecule has 1 saturated carbocycles. The van der Waals surface area contributed by atoms with Gasteiger partial charge in [0.2, 0.25) is 5.91 Å². The molecule has 0 spiro atoms. The minimum absolute atomic E-state index is 0.0630. The predicted octanol–water partition coefficient (Wildman–Crippen LogP) is 2.43. The zero-order valence-electron chi connectivity index (χ0n) is 9.80. The number of hydrogen-bond acceptors (Lipinski definition) is 2. The zero-order chi connectivity index (χ0) is 12.0. The van der Waals surface area contributed by atoms with Crippen LogP contribution in [0.25, 0.3) is 0 Å². The highest BCUT2D eigenvalue weighted by Gasteiger charge is 2.23. The molecule has 0 heterocycles. The van der Waals surface area contributed by atoms with E-state index >= 15 is 0 Å². The normalized spacial score (nSPS) is 25.1. The Morgan fingerprint density at radius 2 is 1.88 bits per heavy atom. The molecule has 0 saturated heterocycles. The SMILES string of the molecule is CCC(=O)CC1CCC(NC(=O)CBr)CC1. The molecular weight excluding hydrogens is 270 g/mol. The van der Waals surface area contributed by atoms with Gasteiger partial charge in [-0.2, -0.15) is 0 Å². The molecule has 1 rings (SSSR count). The largest absolute Gasteiger partial charge is 0.353 e. The number of nitrogens with one attached hydrogen (secondary N) is 1. The third-order valence-electron chi connectivity index (χ3n) is 3.24.